The van der Waals surface area contributed by atoms with Crippen LogP contribution in [0.1, 0.15) is 24.7 Å². The Morgan fingerprint density at radius 1 is 1.00 bits per heavy atom. The minimum Gasteiger partial charge on any atom is -0.497 e. The lowest BCUT2D eigenvalue weighted by atomic mass is 9.92. The summed E-state index contributed by atoms with van der Waals surface area (Å²) in [7, 11) is 1.60. The Bertz CT molecular complexity index is 714. The molecule has 126 valence electrons. The number of nitrogen functional groups attached to an aromatic ring is 1. The number of nitrogens with two attached hydrogens (primary N) is 1. The fourth-order valence-corrected chi connectivity index (χ4v) is 4.01. The maximum atomic E-state index is 12.1. The van der Waals surface area contributed by atoms with E-state index in [0.717, 1.165) is 16.2 Å². The topological polar surface area (TPSA) is 69.4 Å². The lowest BCUT2D eigenvalue weighted by Gasteiger charge is -2.24. The summed E-state index contributed by atoms with van der Waals surface area (Å²) in [6.45, 7) is 2.91. The van der Waals surface area contributed by atoms with E-state index in [0.29, 0.717) is 5.69 Å². The van der Waals surface area contributed by atoms with Gasteiger partial charge in [-0.25, -0.2) is 0 Å². The molecule has 24 heavy (non-hydrogen) atoms. The van der Waals surface area contributed by atoms with E-state index in [4.69, 9.17) is 10.5 Å². The molecule has 1 atom stereocenters. The van der Waals surface area contributed by atoms with Gasteiger partial charge >= 0.3 is 0 Å². The highest BCUT2D eigenvalue weighted by atomic mass is 32.2. The van der Waals surface area contributed by atoms with E-state index in [1.807, 2.05) is 48.5 Å². The van der Waals surface area contributed by atoms with Gasteiger partial charge in [-0.05, 0) is 43.7 Å². The van der Waals surface area contributed by atoms with Gasteiger partial charge in [-0.3, -0.25) is 9.59 Å². The zero-order valence-electron chi connectivity index (χ0n) is 14.0. The smallest absolute Gasteiger partial charge is 0.141 e. The van der Waals surface area contributed by atoms with Crippen molar-refractivity contribution in [2.45, 2.75) is 24.0 Å². The summed E-state index contributed by atoms with van der Waals surface area (Å²) < 4.78 is 5.18. The van der Waals surface area contributed by atoms with Crippen molar-refractivity contribution >= 4 is 29.0 Å². The molecule has 2 aromatic rings. The van der Waals surface area contributed by atoms with Crippen molar-refractivity contribution in [2.75, 3.05) is 12.8 Å². The minimum atomic E-state index is -0.719. The molecular weight excluding hydrogens is 322 g/mol. The molecule has 0 aliphatic carbocycles. The van der Waals surface area contributed by atoms with Crippen LogP contribution in [0.15, 0.2) is 53.4 Å². The Kier molecular flexibility index (Phi) is 6.04. The fourth-order valence-electron chi connectivity index (χ4n) is 2.56. The molecule has 2 aromatic carbocycles. The third-order valence-electron chi connectivity index (χ3n) is 3.80. The summed E-state index contributed by atoms with van der Waals surface area (Å²) in [5, 5.41) is -0.337. The first-order valence-electron chi connectivity index (χ1n) is 7.60. The van der Waals surface area contributed by atoms with Gasteiger partial charge in [0.1, 0.15) is 17.3 Å². The molecule has 0 radical (unpaired) electrons. The van der Waals surface area contributed by atoms with Gasteiger partial charge in [0.2, 0.25) is 0 Å². The molecule has 1 unspecified atom stereocenters. The first kappa shape index (κ1) is 18.1. The Balaban J connectivity index is 2.45. The molecule has 0 saturated carbocycles. The van der Waals surface area contributed by atoms with E-state index in [2.05, 4.69) is 0 Å². The molecule has 0 heterocycles. The van der Waals surface area contributed by atoms with E-state index in [9.17, 15) is 9.59 Å². The molecular formula is C19H21NO3S. The second kappa shape index (κ2) is 8.02. The van der Waals surface area contributed by atoms with Crippen LogP contribution in [-0.4, -0.2) is 18.7 Å². The molecule has 0 spiro atoms. The summed E-state index contributed by atoms with van der Waals surface area (Å²) in [5.74, 6) is -0.289. The lowest BCUT2D eigenvalue weighted by Crippen LogP contribution is -2.25. The number of benzene rings is 2. The van der Waals surface area contributed by atoms with Crippen molar-refractivity contribution in [3.63, 3.8) is 0 Å². The number of Topliss-reactive ketones (excluding diaryl/α,β-unsaturated/α-hetero) is 2. The van der Waals surface area contributed by atoms with Crippen molar-refractivity contribution in [1.82, 2.24) is 0 Å². The molecule has 0 aliphatic heterocycles. The average Bonchev–Trinajstić information content (AvgIpc) is 2.55. The number of para-hydroxylation sites is 1. The maximum Gasteiger partial charge on any atom is 0.141 e. The summed E-state index contributed by atoms with van der Waals surface area (Å²) >= 11 is 1.44. The number of ether oxygens (including phenoxy) is 1. The van der Waals surface area contributed by atoms with Crippen LogP contribution < -0.4 is 10.5 Å². The highest BCUT2D eigenvalue weighted by Gasteiger charge is 2.32. The third-order valence-corrected chi connectivity index (χ3v) is 5.22. The monoisotopic (exact) mass is 343 g/mol. The van der Waals surface area contributed by atoms with Gasteiger partial charge in [-0.2, -0.15) is 0 Å². The van der Waals surface area contributed by atoms with Crippen LogP contribution in [0.4, 0.5) is 5.69 Å². The number of rotatable bonds is 7. The van der Waals surface area contributed by atoms with Crippen LogP contribution in [-0.2, 0) is 9.59 Å². The van der Waals surface area contributed by atoms with Crippen molar-refractivity contribution in [3.05, 3.63) is 54.1 Å². The summed E-state index contributed by atoms with van der Waals surface area (Å²) in [4.78, 5) is 25.1. The molecule has 0 amide bonds. The molecule has 2 rings (SSSR count). The molecule has 0 aliphatic rings. The molecule has 2 N–H and O–H groups in total. The number of methoxy groups -OCH3 is 1. The molecule has 0 bridgehead atoms. The average molecular weight is 343 g/mol. The Labute approximate surface area is 146 Å². The van der Waals surface area contributed by atoms with Crippen LogP contribution in [0.5, 0.6) is 5.75 Å². The molecule has 0 aromatic heterocycles. The molecule has 0 saturated heterocycles. The summed E-state index contributed by atoms with van der Waals surface area (Å²) in [6.07, 6.45) is 0. The maximum absolute atomic E-state index is 12.1. The van der Waals surface area contributed by atoms with Gasteiger partial charge in [-0.15, -0.1) is 11.8 Å². The Morgan fingerprint density at radius 3 is 2.08 bits per heavy atom. The number of hydrogen-bond acceptors (Lipinski definition) is 5. The van der Waals surface area contributed by atoms with Crippen LogP contribution >= 0.6 is 11.8 Å². The van der Waals surface area contributed by atoms with Crippen LogP contribution in [0.25, 0.3) is 0 Å². The molecule has 5 heteroatoms. The molecule has 0 fully saturated rings. The van der Waals surface area contributed by atoms with Crippen molar-refractivity contribution in [1.29, 1.82) is 0 Å². The second-order valence-corrected chi connectivity index (χ2v) is 6.73. The summed E-state index contributed by atoms with van der Waals surface area (Å²) in [6, 6.07) is 14.9. The summed E-state index contributed by atoms with van der Waals surface area (Å²) in [5.41, 5.74) is 7.55. The van der Waals surface area contributed by atoms with Crippen molar-refractivity contribution in [3.8, 4) is 5.75 Å². The number of thioether (sulfide) groups is 1. The SMILES string of the molecule is COc1ccc(C(Sc2ccccc2N)C(C(C)=O)C(C)=O)cc1. The van der Waals surface area contributed by atoms with E-state index in [-0.39, 0.29) is 16.8 Å². The minimum absolute atomic E-state index is 0.148. The van der Waals surface area contributed by atoms with Gasteiger partial charge in [0.05, 0.1) is 18.3 Å². The fraction of sp³-hybridized carbons (Fsp3) is 0.263. The Morgan fingerprint density at radius 2 is 1.58 bits per heavy atom. The number of carbonyl (C=O) groups is 2. The Hall–Kier alpha value is -2.27. The predicted octanol–water partition coefficient (Wildman–Crippen LogP) is 3.91. The van der Waals surface area contributed by atoms with Crippen LogP contribution in [0.3, 0.4) is 0 Å². The zero-order chi connectivity index (χ0) is 17.7. The van der Waals surface area contributed by atoms with E-state index < -0.39 is 5.92 Å². The number of anilines is 1. The zero-order valence-corrected chi connectivity index (χ0v) is 14.8. The first-order valence-corrected chi connectivity index (χ1v) is 8.48. The normalized spacial score (nSPS) is 12.0. The standard InChI is InChI=1S/C19H21NO3S/c1-12(21)18(13(2)22)19(14-8-10-15(23-3)11-9-14)24-17-7-5-4-6-16(17)20/h4-11,18-19H,20H2,1-3H3. The largest absolute Gasteiger partial charge is 0.497 e. The van der Waals surface area contributed by atoms with Gasteiger partial charge in [0.15, 0.2) is 0 Å². The van der Waals surface area contributed by atoms with Crippen LogP contribution in [0.2, 0.25) is 0 Å². The second-order valence-electron chi connectivity index (χ2n) is 5.55. The first-order chi connectivity index (χ1) is 11.4. The van der Waals surface area contributed by atoms with Crippen molar-refractivity contribution in [2.24, 2.45) is 5.92 Å². The number of ketones is 2. The van der Waals surface area contributed by atoms with Crippen LogP contribution in [0, 0.1) is 5.92 Å². The van der Waals surface area contributed by atoms with E-state index >= 15 is 0 Å². The van der Waals surface area contributed by atoms with Gasteiger partial charge in [-0.1, -0.05) is 24.3 Å². The van der Waals surface area contributed by atoms with E-state index in [1.165, 1.54) is 25.6 Å². The molecule has 4 nitrogen and oxygen atoms in total. The quantitative estimate of drug-likeness (QED) is 0.469. The highest BCUT2D eigenvalue weighted by Crippen LogP contribution is 2.43. The number of carbonyl (C=O) groups excluding carboxylic acids is 2. The third kappa shape index (κ3) is 4.17. The predicted molar refractivity (Wildman–Crippen MR) is 97.3 cm³/mol. The van der Waals surface area contributed by atoms with Gasteiger partial charge in [0, 0.05) is 10.6 Å². The van der Waals surface area contributed by atoms with E-state index in [1.54, 1.807) is 7.11 Å². The van der Waals surface area contributed by atoms with Gasteiger partial charge < -0.3 is 10.5 Å². The number of hydrogen-bond donors (Lipinski definition) is 1. The van der Waals surface area contributed by atoms with Crippen molar-refractivity contribution < 1.29 is 14.3 Å². The highest BCUT2D eigenvalue weighted by molar-refractivity contribution is 7.99. The van der Waals surface area contributed by atoms with Gasteiger partial charge in [0.25, 0.3) is 0 Å². The lowest BCUT2D eigenvalue weighted by molar-refractivity contribution is -0.130.